The van der Waals surface area contributed by atoms with Crippen LogP contribution in [-0.4, -0.2) is 52.6 Å². The SMILES string of the molecule is C=COS(=O)(=O)c1cccc(NS(C)(=O)=O)c1.[NaH]. The number of benzene rings is 1. The van der Waals surface area contributed by atoms with Crippen LogP contribution in [0.2, 0.25) is 0 Å². The molecule has 9 heteroatoms. The molecule has 1 aromatic rings. The molecule has 1 rings (SSSR count). The van der Waals surface area contributed by atoms with E-state index in [0.29, 0.717) is 0 Å². The molecule has 0 atom stereocenters. The summed E-state index contributed by atoms with van der Waals surface area (Å²) in [6, 6.07) is 5.26. The summed E-state index contributed by atoms with van der Waals surface area (Å²) in [5, 5.41) is 0. The predicted molar refractivity (Wildman–Crippen MR) is 70.5 cm³/mol. The molecule has 1 aromatic carbocycles. The molecule has 0 fully saturated rings. The molecule has 0 saturated carbocycles. The molecule has 0 bridgehead atoms. The van der Waals surface area contributed by atoms with E-state index >= 15 is 0 Å². The van der Waals surface area contributed by atoms with Crippen molar-refractivity contribution in [3.8, 4) is 0 Å². The van der Waals surface area contributed by atoms with Crippen LogP contribution in [0.4, 0.5) is 5.69 Å². The predicted octanol–water partition coefficient (Wildman–Crippen LogP) is 0.258. The first-order valence-electron chi connectivity index (χ1n) is 4.37. The molecule has 0 saturated heterocycles. The van der Waals surface area contributed by atoms with Gasteiger partial charge in [0, 0.05) is 5.69 Å². The fourth-order valence-corrected chi connectivity index (χ4v) is 2.44. The summed E-state index contributed by atoms with van der Waals surface area (Å²) in [6.07, 6.45) is 1.75. The third-order valence-corrected chi connectivity index (χ3v) is 3.45. The Balaban J connectivity index is 0.00000289. The van der Waals surface area contributed by atoms with Crippen molar-refractivity contribution in [2.24, 2.45) is 0 Å². The normalized spacial score (nSPS) is 11.2. The first-order valence-corrected chi connectivity index (χ1v) is 7.66. The third kappa shape index (κ3) is 5.40. The van der Waals surface area contributed by atoms with E-state index in [9.17, 15) is 16.8 Å². The first kappa shape index (κ1) is 17.5. The zero-order valence-electron chi connectivity index (χ0n) is 8.95. The Bertz CT molecular complexity index is 624. The minimum absolute atomic E-state index is 0. The van der Waals surface area contributed by atoms with E-state index in [1.807, 2.05) is 0 Å². The molecule has 0 spiro atoms. The van der Waals surface area contributed by atoms with E-state index in [1.165, 1.54) is 18.2 Å². The molecular weight excluding hydrogens is 289 g/mol. The van der Waals surface area contributed by atoms with Crippen molar-refractivity contribution in [1.29, 1.82) is 0 Å². The number of hydrogen-bond donors (Lipinski definition) is 1. The van der Waals surface area contributed by atoms with Gasteiger partial charge >= 0.3 is 39.7 Å². The second-order valence-electron chi connectivity index (χ2n) is 3.12. The number of rotatable bonds is 5. The van der Waals surface area contributed by atoms with Crippen LogP contribution in [0, 0.1) is 0 Å². The molecule has 0 amide bonds. The number of anilines is 1. The molecule has 1 N–H and O–H groups in total. The van der Waals surface area contributed by atoms with Crippen LogP contribution in [0.3, 0.4) is 0 Å². The van der Waals surface area contributed by atoms with Gasteiger partial charge in [-0.2, -0.15) is 8.42 Å². The van der Waals surface area contributed by atoms with E-state index in [1.54, 1.807) is 0 Å². The van der Waals surface area contributed by atoms with Crippen LogP contribution >= 0.6 is 0 Å². The topological polar surface area (TPSA) is 89.5 Å². The van der Waals surface area contributed by atoms with Crippen molar-refractivity contribution >= 4 is 55.4 Å². The molecule has 6 nitrogen and oxygen atoms in total. The summed E-state index contributed by atoms with van der Waals surface area (Å²) < 4.78 is 51.4. The average Bonchev–Trinajstić information content (AvgIpc) is 2.15. The van der Waals surface area contributed by atoms with Gasteiger partial charge in [-0.15, -0.1) is 0 Å². The van der Waals surface area contributed by atoms with Gasteiger partial charge in [-0.3, -0.25) is 4.72 Å². The summed E-state index contributed by atoms with van der Waals surface area (Å²) >= 11 is 0. The maximum absolute atomic E-state index is 11.5. The van der Waals surface area contributed by atoms with Crippen molar-refractivity contribution in [3.63, 3.8) is 0 Å². The van der Waals surface area contributed by atoms with Gasteiger partial charge in [0.15, 0.2) is 0 Å². The number of hydrogen-bond acceptors (Lipinski definition) is 5. The molecule has 0 heterocycles. The van der Waals surface area contributed by atoms with Crippen LogP contribution in [0.25, 0.3) is 0 Å². The van der Waals surface area contributed by atoms with Gasteiger partial charge in [-0.05, 0) is 18.2 Å². The average molecular weight is 301 g/mol. The van der Waals surface area contributed by atoms with Gasteiger partial charge in [-0.25, -0.2) is 8.42 Å². The summed E-state index contributed by atoms with van der Waals surface area (Å²) in [6.45, 7) is 3.14. The molecule has 0 aliphatic heterocycles. The van der Waals surface area contributed by atoms with Crippen LogP contribution in [-0.2, 0) is 24.3 Å². The third-order valence-electron chi connectivity index (χ3n) is 1.62. The quantitative estimate of drug-likeness (QED) is 0.478. The van der Waals surface area contributed by atoms with Gasteiger partial charge in [0.25, 0.3) is 0 Å². The second-order valence-corrected chi connectivity index (χ2v) is 6.44. The van der Waals surface area contributed by atoms with E-state index in [2.05, 4.69) is 15.5 Å². The Labute approximate surface area is 129 Å². The van der Waals surface area contributed by atoms with Gasteiger partial charge in [0.05, 0.1) is 12.5 Å². The van der Waals surface area contributed by atoms with E-state index < -0.39 is 20.1 Å². The number of nitrogens with one attached hydrogen (secondary N) is 1. The van der Waals surface area contributed by atoms with Gasteiger partial charge in [0.1, 0.15) is 4.90 Å². The molecule has 0 aliphatic rings. The van der Waals surface area contributed by atoms with Crippen LogP contribution < -0.4 is 4.72 Å². The van der Waals surface area contributed by atoms with E-state index in [0.717, 1.165) is 18.6 Å². The molecule has 0 unspecified atom stereocenters. The number of sulfonamides is 1. The molecule has 0 radical (unpaired) electrons. The summed E-state index contributed by atoms with van der Waals surface area (Å²) in [5.74, 6) is 0. The zero-order valence-corrected chi connectivity index (χ0v) is 10.6. The Morgan fingerprint density at radius 2 is 1.89 bits per heavy atom. The van der Waals surface area contributed by atoms with Crippen molar-refractivity contribution in [2.75, 3.05) is 11.0 Å². The Morgan fingerprint density at radius 3 is 2.39 bits per heavy atom. The van der Waals surface area contributed by atoms with Crippen LogP contribution in [0.5, 0.6) is 0 Å². The van der Waals surface area contributed by atoms with Gasteiger partial charge in [-0.1, -0.05) is 12.6 Å². The maximum atomic E-state index is 11.5. The summed E-state index contributed by atoms with van der Waals surface area (Å²) in [5.41, 5.74) is 0.140. The Morgan fingerprint density at radius 1 is 1.28 bits per heavy atom. The minimum atomic E-state index is -3.94. The summed E-state index contributed by atoms with van der Waals surface area (Å²) in [7, 11) is -7.40. The standard InChI is InChI=1S/C9H11NO5S2.Na.H/c1-3-15-17(13,14)9-6-4-5-8(7-9)10-16(2,11)12;;/h3-7,10H,1H2,2H3;;. The fourth-order valence-electron chi connectivity index (χ4n) is 1.07. The Hall–Kier alpha value is -0.540. The fraction of sp³-hybridized carbons (Fsp3) is 0.111. The Kier molecular flexibility index (Phi) is 6.38. The van der Waals surface area contributed by atoms with Crippen LogP contribution in [0.15, 0.2) is 42.0 Å². The van der Waals surface area contributed by atoms with Crippen molar-refractivity contribution < 1.29 is 21.0 Å². The molecule has 96 valence electrons. The molecular formula is C9H12NNaO5S2. The molecule has 0 aromatic heterocycles. The molecule has 18 heavy (non-hydrogen) atoms. The zero-order chi connectivity index (χ0) is 13.1. The van der Waals surface area contributed by atoms with Crippen molar-refractivity contribution in [1.82, 2.24) is 0 Å². The van der Waals surface area contributed by atoms with Gasteiger partial charge < -0.3 is 4.18 Å². The van der Waals surface area contributed by atoms with Crippen LogP contribution in [0.1, 0.15) is 0 Å². The summed E-state index contributed by atoms with van der Waals surface area (Å²) in [4.78, 5) is -0.161. The van der Waals surface area contributed by atoms with E-state index in [-0.39, 0.29) is 40.1 Å². The molecule has 0 aliphatic carbocycles. The van der Waals surface area contributed by atoms with Crippen molar-refractivity contribution in [3.05, 3.63) is 37.1 Å². The second kappa shape index (κ2) is 6.58. The van der Waals surface area contributed by atoms with Crippen molar-refractivity contribution in [2.45, 2.75) is 4.90 Å². The van der Waals surface area contributed by atoms with Gasteiger partial charge in [0.2, 0.25) is 10.0 Å². The monoisotopic (exact) mass is 301 g/mol. The first-order chi connectivity index (χ1) is 7.74. The van der Waals surface area contributed by atoms with E-state index in [4.69, 9.17) is 0 Å².